The van der Waals surface area contributed by atoms with Gasteiger partial charge in [0.25, 0.3) is 0 Å². The van der Waals surface area contributed by atoms with Crippen molar-refractivity contribution in [2.24, 2.45) is 0 Å². The minimum Gasteiger partial charge on any atom is -0.431 e. The average Bonchev–Trinajstić information content (AvgIpc) is 2.16. The molecule has 2 nitrogen and oxygen atoms in total. The Balaban J connectivity index is 3.45. The molecule has 0 saturated heterocycles. The molecule has 0 aliphatic rings. The van der Waals surface area contributed by atoms with Gasteiger partial charge in [0.15, 0.2) is 0 Å². The number of ether oxygens (including phenoxy) is 1. The first-order valence-corrected chi connectivity index (χ1v) is 4.46. The van der Waals surface area contributed by atoms with E-state index in [0.717, 1.165) is 12.5 Å². The Bertz CT molecular complexity index is 202. The molecule has 0 aromatic carbocycles. The zero-order valence-corrected chi connectivity index (χ0v) is 8.03. The van der Waals surface area contributed by atoms with E-state index in [1.54, 1.807) is 6.08 Å². The number of rotatable bonds is 6. The third-order valence-electron chi connectivity index (χ3n) is 1.40. The lowest BCUT2D eigenvalue weighted by Gasteiger charge is -1.89. The fraction of sp³-hybridized carbons (Fsp3) is 0.364. The first-order chi connectivity index (χ1) is 6.31. The molecule has 13 heavy (non-hydrogen) atoms. The molecule has 0 atom stereocenters. The highest BCUT2D eigenvalue weighted by molar-refractivity contribution is 5.81. The highest BCUT2D eigenvalue weighted by atomic mass is 16.5. The lowest BCUT2D eigenvalue weighted by molar-refractivity contribution is -0.132. The van der Waals surface area contributed by atoms with Gasteiger partial charge in [-0.05, 0) is 12.5 Å². The van der Waals surface area contributed by atoms with Gasteiger partial charge in [-0.25, -0.2) is 4.79 Å². The van der Waals surface area contributed by atoms with Crippen molar-refractivity contribution in [2.45, 2.75) is 26.2 Å². The third kappa shape index (κ3) is 8.60. The fourth-order valence-electron chi connectivity index (χ4n) is 0.697. The molecular weight excluding hydrogens is 164 g/mol. The maximum absolute atomic E-state index is 10.5. The normalized spacial score (nSPS) is 10.8. The Morgan fingerprint density at radius 2 is 2.23 bits per heavy atom. The second kappa shape index (κ2) is 8.78. The topological polar surface area (TPSA) is 26.3 Å². The van der Waals surface area contributed by atoms with E-state index >= 15 is 0 Å². The Morgan fingerprint density at radius 3 is 2.85 bits per heavy atom. The number of carbonyl (C=O) groups excluding carboxylic acids is 1. The fourth-order valence-corrected chi connectivity index (χ4v) is 0.697. The molecule has 0 heterocycles. The summed E-state index contributed by atoms with van der Waals surface area (Å²) in [4.78, 5) is 10.5. The second-order valence-corrected chi connectivity index (χ2v) is 2.54. The first-order valence-electron chi connectivity index (χ1n) is 4.46. The molecule has 2 heteroatoms. The van der Waals surface area contributed by atoms with E-state index in [2.05, 4.69) is 18.2 Å². The predicted molar refractivity (Wildman–Crippen MR) is 54.1 cm³/mol. The number of esters is 1. The maximum atomic E-state index is 10.5. The van der Waals surface area contributed by atoms with E-state index in [0.29, 0.717) is 0 Å². The van der Waals surface area contributed by atoms with E-state index in [1.807, 2.05) is 12.2 Å². The van der Waals surface area contributed by atoms with Gasteiger partial charge < -0.3 is 4.74 Å². The lowest BCUT2D eigenvalue weighted by atomic mass is 10.2. The van der Waals surface area contributed by atoms with Gasteiger partial charge >= 0.3 is 5.97 Å². The van der Waals surface area contributed by atoms with Gasteiger partial charge in [0.05, 0.1) is 6.26 Å². The number of hydrogen-bond acceptors (Lipinski definition) is 2. The van der Waals surface area contributed by atoms with E-state index in [1.165, 1.54) is 19.1 Å². The van der Waals surface area contributed by atoms with E-state index < -0.39 is 5.97 Å². The molecule has 0 aromatic rings. The van der Waals surface area contributed by atoms with Gasteiger partial charge in [-0.1, -0.05) is 38.5 Å². The summed E-state index contributed by atoms with van der Waals surface area (Å²) in [5.41, 5.74) is 0. The Labute approximate surface area is 79.6 Å². The first kappa shape index (κ1) is 11.7. The van der Waals surface area contributed by atoms with Crippen molar-refractivity contribution in [2.75, 3.05) is 0 Å². The largest absolute Gasteiger partial charge is 0.431 e. The Morgan fingerprint density at radius 1 is 1.46 bits per heavy atom. The number of allylic oxidation sites excluding steroid dienone is 3. The second-order valence-electron chi connectivity index (χ2n) is 2.54. The highest BCUT2D eigenvalue weighted by Crippen LogP contribution is 1.94. The summed E-state index contributed by atoms with van der Waals surface area (Å²) < 4.78 is 4.61. The summed E-state index contributed by atoms with van der Waals surface area (Å²) >= 11 is 0. The van der Waals surface area contributed by atoms with Crippen LogP contribution in [-0.2, 0) is 9.53 Å². The quantitative estimate of drug-likeness (QED) is 0.206. The van der Waals surface area contributed by atoms with E-state index in [-0.39, 0.29) is 0 Å². The summed E-state index contributed by atoms with van der Waals surface area (Å²) in [6.07, 6.45) is 11.5. The molecule has 0 unspecified atom stereocenters. The summed E-state index contributed by atoms with van der Waals surface area (Å²) in [7, 11) is 0. The van der Waals surface area contributed by atoms with Gasteiger partial charge in [-0.2, -0.15) is 0 Å². The molecule has 0 fully saturated rings. The van der Waals surface area contributed by atoms with Crippen molar-refractivity contribution < 1.29 is 9.53 Å². The van der Waals surface area contributed by atoms with Crippen LogP contribution in [0.3, 0.4) is 0 Å². The molecule has 0 bridgehead atoms. The predicted octanol–water partition coefficient (Wildman–Crippen LogP) is 2.98. The molecule has 72 valence electrons. The van der Waals surface area contributed by atoms with Crippen molar-refractivity contribution in [1.29, 1.82) is 0 Å². The SMILES string of the molecule is C=CC(=O)OC=CC=CCCCC. The molecule has 0 spiro atoms. The van der Waals surface area contributed by atoms with E-state index in [9.17, 15) is 4.79 Å². The van der Waals surface area contributed by atoms with Crippen LogP contribution < -0.4 is 0 Å². The van der Waals surface area contributed by atoms with Gasteiger partial charge in [-0.15, -0.1) is 0 Å². The van der Waals surface area contributed by atoms with Gasteiger partial charge in [-0.3, -0.25) is 0 Å². The van der Waals surface area contributed by atoms with Crippen molar-refractivity contribution in [3.05, 3.63) is 37.1 Å². The summed E-state index contributed by atoms with van der Waals surface area (Å²) in [5.74, 6) is -0.432. The van der Waals surface area contributed by atoms with Crippen molar-refractivity contribution >= 4 is 5.97 Å². The molecule has 0 amide bonds. The summed E-state index contributed by atoms with van der Waals surface area (Å²) in [6, 6.07) is 0. The summed E-state index contributed by atoms with van der Waals surface area (Å²) in [6.45, 7) is 5.42. The zero-order valence-electron chi connectivity index (χ0n) is 8.03. The van der Waals surface area contributed by atoms with Crippen LogP contribution in [0.2, 0.25) is 0 Å². The van der Waals surface area contributed by atoms with Crippen LogP contribution in [0.25, 0.3) is 0 Å². The molecule has 0 aliphatic carbocycles. The van der Waals surface area contributed by atoms with Crippen molar-refractivity contribution in [1.82, 2.24) is 0 Å². The molecular formula is C11H16O2. The van der Waals surface area contributed by atoms with Crippen LogP contribution in [0.4, 0.5) is 0 Å². The third-order valence-corrected chi connectivity index (χ3v) is 1.40. The molecule has 0 saturated carbocycles. The molecule has 0 rings (SSSR count). The maximum Gasteiger partial charge on any atom is 0.334 e. The minimum absolute atomic E-state index is 0.432. The van der Waals surface area contributed by atoms with Crippen molar-refractivity contribution in [3.63, 3.8) is 0 Å². The van der Waals surface area contributed by atoms with Gasteiger partial charge in [0.1, 0.15) is 0 Å². The van der Waals surface area contributed by atoms with E-state index in [4.69, 9.17) is 0 Å². The number of carbonyl (C=O) groups is 1. The zero-order chi connectivity index (χ0) is 9.94. The van der Waals surface area contributed by atoms with Crippen LogP contribution >= 0.6 is 0 Å². The smallest absolute Gasteiger partial charge is 0.334 e. The summed E-state index contributed by atoms with van der Waals surface area (Å²) in [5, 5.41) is 0. The van der Waals surface area contributed by atoms with Crippen LogP contribution in [0.5, 0.6) is 0 Å². The number of unbranched alkanes of at least 4 members (excludes halogenated alkanes) is 2. The molecule has 0 aliphatic heterocycles. The van der Waals surface area contributed by atoms with Crippen LogP contribution in [-0.4, -0.2) is 5.97 Å². The van der Waals surface area contributed by atoms with Crippen LogP contribution in [0.15, 0.2) is 37.1 Å². The molecule has 0 N–H and O–H groups in total. The monoisotopic (exact) mass is 180 g/mol. The number of hydrogen-bond donors (Lipinski definition) is 0. The highest BCUT2D eigenvalue weighted by Gasteiger charge is 1.86. The Kier molecular flexibility index (Phi) is 7.90. The molecule has 0 radical (unpaired) electrons. The van der Waals surface area contributed by atoms with Crippen LogP contribution in [0, 0.1) is 0 Å². The lowest BCUT2D eigenvalue weighted by Crippen LogP contribution is -1.91. The van der Waals surface area contributed by atoms with Gasteiger partial charge in [0.2, 0.25) is 0 Å². The minimum atomic E-state index is -0.432. The Hall–Kier alpha value is -1.31. The van der Waals surface area contributed by atoms with Gasteiger partial charge in [0, 0.05) is 6.08 Å². The standard InChI is InChI=1S/C11H16O2/c1-3-5-6-7-8-9-10-13-11(12)4-2/h4,7-10H,2-3,5-6H2,1H3. The van der Waals surface area contributed by atoms with Crippen molar-refractivity contribution in [3.8, 4) is 0 Å². The average molecular weight is 180 g/mol. The molecule has 0 aromatic heterocycles. The van der Waals surface area contributed by atoms with Crippen LogP contribution in [0.1, 0.15) is 26.2 Å².